The molecule has 0 bridgehead atoms. The van der Waals surface area contributed by atoms with E-state index in [-0.39, 0.29) is 6.04 Å². The minimum absolute atomic E-state index is 0.269. The first-order chi connectivity index (χ1) is 9.86. The molecule has 110 valence electrons. The molecule has 0 amide bonds. The summed E-state index contributed by atoms with van der Waals surface area (Å²) < 4.78 is 5.50. The van der Waals surface area contributed by atoms with Crippen LogP contribution in [0.5, 0.6) is 5.75 Å². The molecule has 0 aliphatic heterocycles. The van der Waals surface area contributed by atoms with Crippen molar-refractivity contribution < 1.29 is 4.74 Å². The van der Waals surface area contributed by atoms with Crippen molar-refractivity contribution in [2.45, 2.75) is 51.5 Å². The molecule has 1 aliphatic rings. The van der Waals surface area contributed by atoms with Gasteiger partial charge >= 0.3 is 0 Å². The molecule has 2 rings (SSSR count). The van der Waals surface area contributed by atoms with Crippen LogP contribution < -0.4 is 10.1 Å². The number of pyridine rings is 1. The third kappa shape index (κ3) is 3.83. The van der Waals surface area contributed by atoms with Crippen LogP contribution >= 0.6 is 0 Å². The fourth-order valence-corrected chi connectivity index (χ4v) is 2.83. The monoisotopic (exact) mass is 274 g/mol. The van der Waals surface area contributed by atoms with Crippen LogP contribution in [-0.2, 0) is 0 Å². The first-order valence-electron chi connectivity index (χ1n) is 7.77. The molecule has 0 saturated carbocycles. The van der Waals surface area contributed by atoms with Crippen LogP contribution in [0.1, 0.15) is 57.1 Å². The second-order valence-corrected chi connectivity index (χ2v) is 5.38. The Labute approximate surface area is 122 Å². The van der Waals surface area contributed by atoms with E-state index in [9.17, 15) is 0 Å². The summed E-state index contributed by atoms with van der Waals surface area (Å²) in [6, 6.07) is 2.35. The van der Waals surface area contributed by atoms with Gasteiger partial charge in [0, 0.05) is 11.8 Å². The lowest BCUT2D eigenvalue weighted by Crippen LogP contribution is -2.24. The van der Waals surface area contributed by atoms with Crippen LogP contribution in [-0.4, -0.2) is 18.6 Å². The topological polar surface area (TPSA) is 34.2 Å². The smallest absolute Gasteiger partial charge is 0.142 e. The number of nitrogens with one attached hydrogen (secondary N) is 1. The molecule has 0 aromatic carbocycles. The largest absolute Gasteiger partial charge is 0.495 e. The molecular formula is C17H26N2O. The molecule has 20 heavy (non-hydrogen) atoms. The normalized spacial score (nSPS) is 17.2. The zero-order chi connectivity index (χ0) is 14.2. The Kier molecular flexibility index (Phi) is 6.06. The second kappa shape index (κ2) is 8.05. The zero-order valence-corrected chi connectivity index (χ0v) is 12.7. The van der Waals surface area contributed by atoms with Crippen LogP contribution in [0.3, 0.4) is 0 Å². The highest BCUT2D eigenvalue weighted by Crippen LogP contribution is 2.33. The Bertz CT molecular complexity index is 442. The molecule has 0 spiro atoms. The standard InChI is InChI=1S/C17H26N2O/c1-3-11-19-17(14-8-6-4-5-7-9-14)15-10-12-18-13-16(15)20-2/h8,10,12-13,17,19H,3-7,9,11H2,1-2H3. The van der Waals surface area contributed by atoms with Gasteiger partial charge < -0.3 is 10.1 Å². The highest BCUT2D eigenvalue weighted by atomic mass is 16.5. The van der Waals surface area contributed by atoms with Crippen LogP contribution in [0.2, 0.25) is 0 Å². The van der Waals surface area contributed by atoms with Gasteiger partial charge in [0.25, 0.3) is 0 Å². The number of nitrogens with zero attached hydrogens (tertiary/aromatic N) is 1. The Balaban J connectivity index is 2.28. The van der Waals surface area contributed by atoms with Crippen molar-refractivity contribution in [3.63, 3.8) is 0 Å². The summed E-state index contributed by atoms with van der Waals surface area (Å²) >= 11 is 0. The minimum atomic E-state index is 0.269. The summed E-state index contributed by atoms with van der Waals surface area (Å²) in [5.41, 5.74) is 2.73. The summed E-state index contributed by atoms with van der Waals surface area (Å²) in [6.45, 7) is 3.22. The number of rotatable bonds is 6. The lowest BCUT2D eigenvalue weighted by molar-refractivity contribution is 0.400. The molecule has 0 radical (unpaired) electrons. The van der Waals surface area contributed by atoms with Crippen molar-refractivity contribution in [3.05, 3.63) is 35.7 Å². The number of hydrogen-bond donors (Lipinski definition) is 1. The quantitative estimate of drug-likeness (QED) is 0.795. The summed E-state index contributed by atoms with van der Waals surface area (Å²) in [4.78, 5) is 4.17. The van der Waals surface area contributed by atoms with E-state index in [1.165, 1.54) is 43.2 Å². The summed E-state index contributed by atoms with van der Waals surface area (Å²) in [7, 11) is 1.72. The van der Waals surface area contributed by atoms with E-state index < -0.39 is 0 Å². The zero-order valence-electron chi connectivity index (χ0n) is 12.7. The van der Waals surface area contributed by atoms with Gasteiger partial charge in [-0.15, -0.1) is 0 Å². The van der Waals surface area contributed by atoms with E-state index in [4.69, 9.17) is 4.74 Å². The van der Waals surface area contributed by atoms with Crippen molar-refractivity contribution in [2.24, 2.45) is 0 Å². The van der Waals surface area contributed by atoms with Crippen molar-refractivity contribution in [1.82, 2.24) is 10.3 Å². The number of aromatic nitrogens is 1. The third-order valence-corrected chi connectivity index (χ3v) is 3.89. The van der Waals surface area contributed by atoms with Gasteiger partial charge in [-0.05, 0) is 44.7 Å². The maximum Gasteiger partial charge on any atom is 0.142 e. The molecule has 0 saturated heterocycles. The molecule has 1 atom stereocenters. The van der Waals surface area contributed by atoms with E-state index in [0.29, 0.717) is 0 Å². The number of allylic oxidation sites excluding steroid dienone is 1. The van der Waals surface area contributed by atoms with E-state index >= 15 is 0 Å². The molecule has 0 fully saturated rings. The fourth-order valence-electron chi connectivity index (χ4n) is 2.83. The predicted octanol–water partition coefficient (Wildman–Crippen LogP) is 4.02. The fraction of sp³-hybridized carbons (Fsp3) is 0.588. The second-order valence-electron chi connectivity index (χ2n) is 5.38. The molecule has 3 nitrogen and oxygen atoms in total. The Morgan fingerprint density at radius 3 is 3.05 bits per heavy atom. The minimum Gasteiger partial charge on any atom is -0.495 e. The van der Waals surface area contributed by atoms with Gasteiger partial charge in [-0.1, -0.05) is 25.0 Å². The predicted molar refractivity (Wildman–Crippen MR) is 83.0 cm³/mol. The molecular weight excluding hydrogens is 248 g/mol. The first-order valence-corrected chi connectivity index (χ1v) is 7.77. The van der Waals surface area contributed by atoms with E-state index in [1.807, 2.05) is 12.4 Å². The van der Waals surface area contributed by atoms with Crippen molar-refractivity contribution >= 4 is 0 Å². The maximum absolute atomic E-state index is 5.50. The number of hydrogen-bond acceptors (Lipinski definition) is 3. The average Bonchev–Trinajstić information content (AvgIpc) is 2.77. The van der Waals surface area contributed by atoms with Gasteiger partial charge in [0.15, 0.2) is 0 Å². The van der Waals surface area contributed by atoms with Crippen LogP contribution in [0, 0.1) is 0 Å². The highest BCUT2D eigenvalue weighted by molar-refractivity contribution is 5.38. The van der Waals surface area contributed by atoms with Crippen LogP contribution in [0.15, 0.2) is 30.1 Å². The van der Waals surface area contributed by atoms with Gasteiger partial charge in [-0.2, -0.15) is 0 Å². The molecule has 1 aliphatic carbocycles. The molecule has 1 heterocycles. The highest BCUT2D eigenvalue weighted by Gasteiger charge is 2.20. The molecule has 1 aromatic rings. The van der Waals surface area contributed by atoms with Gasteiger partial charge in [0.2, 0.25) is 0 Å². The van der Waals surface area contributed by atoms with E-state index in [0.717, 1.165) is 18.7 Å². The number of ether oxygens (including phenoxy) is 1. The Hall–Kier alpha value is -1.35. The van der Waals surface area contributed by atoms with Gasteiger partial charge in [-0.25, -0.2) is 0 Å². The third-order valence-electron chi connectivity index (χ3n) is 3.89. The van der Waals surface area contributed by atoms with Crippen molar-refractivity contribution in [1.29, 1.82) is 0 Å². The molecule has 3 heteroatoms. The summed E-state index contributed by atoms with van der Waals surface area (Å²) in [6.07, 6.45) is 13.6. The van der Waals surface area contributed by atoms with E-state index in [1.54, 1.807) is 7.11 Å². The number of methoxy groups -OCH3 is 1. The van der Waals surface area contributed by atoms with Crippen molar-refractivity contribution in [2.75, 3.05) is 13.7 Å². The Morgan fingerprint density at radius 2 is 2.25 bits per heavy atom. The van der Waals surface area contributed by atoms with Gasteiger partial charge in [-0.3, -0.25) is 4.98 Å². The van der Waals surface area contributed by atoms with E-state index in [2.05, 4.69) is 29.4 Å². The molecule has 1 unspecified atom stereocenters. The lowest BCUT2D eigenvalue weighted by atomic mass is 9.95. The summed E-state index contributed by atoms with van der Waals surface area (Å²) in [5.74, 6) is 0.881. The van der Waals surface area contributed by atoms with Gasteiger partial charge in [0.05, 0.1) is 19.3 Å². The maximum atomic E-state index is 5.50. The summed E-state index contributed by atoms with van der Waals surface area (Å²) in [5, 5.41) is 3.68. The van der Waals surface area contributed by atoms with Crippen LogP contribution in [0.25, 0.3) is 0 Å². The van der Waals surface area contributed by atoms with Crippen LogP contribution in [0.4, 0.5) is 0 Å². The first kappa shape index (κ1) is 15.0. The van der Waals surface area contributed by atoms with Crippen molar-refractivity contribution in [3.8, 4) is 5.75 Å². The SMILES string of the molecule is CCCNC(C1=CCCCCC1)c1ccncc1OC. The molecule has 1 aromatic heterocycles. The lowest BCUT2D eigenvalue weighted by Gasteiger charge is -2.23. The molecule has 1 N–H and O–H groups in total. The van der Waals surface area contributed by atoms with Gasteiger partial charge in [0.1, 0.15) is 5.75 Å². The average molecular weight is 274 g/mol. The Morgan fingerprint density at radius 1 is 1.35 bits per heavy atom.